The lowest BCUT2D eigenvalue weighted by Crippen LogP contribution is -2.33. The molecule has 1 fully saturated rings. The Balaban J connectivity index is 1.61. The molecule has 1 aromatic heterocycles. The van der Waals surface area contributed by atoms with Crippen LogP contribution in [0.3, 0.4) is 0 Å². The molecular weight excluding hydrogens is 384 g/mol. The number of carbonyl (C=O) groups excluding carboxylic acids is 1. The highest BCUT2D eigenvalue weighted by Crippen LogP contribution is 2.29. The largest absolute Gasteiger partial charge is 0.481 e. The third-order valence-corrected chi connectivity index (χ3v) is 5.90. The highest BCUT2D eigenvalue weighted by molar-refractivity contribution is 7.99. The van der Waals surface area contributed by atoms with E-state index in [1.54, 1.807) is 6.07 Å². The minimum atomic E-state index is -0.306. The number of benzene rings is 1. The average molecular weight is 409 g/mol. The number of hydrogen-bond acceptors (Lipinski definition) is 5. The van der Waals surface area contributed by atoms with Gasteiger partial charge in [-0.25, -0.2) is 0 Å². The van der Waals surface area contributed by atoms with Gasteiger partial charge in [-0.3, -0.25) is 4.79 Å². The number of para-hydroxylation sites is 1. The van der Waals surface area contributed by atoms with Crippen LogP contribution in [0.2, 0.25) is 5.02 Å². The van der Waals surface area contributed by atoms with Crippen molar-refractivity contribution in [2.75, 3.05) is 5.75 Å². The number of halogens is 1. The van der Waals surface area contributed by atoms with Crippen LogP contribution in [0, 0.1) is 0 Å². The quantitative estimate of drug-likeness (QED) is 0.661. The number of amides is 1. The summed E-state index contributed by atoms with van der Waals surface area (Å²) in [5.74, 6) is 1.73. The molecule has 1 aliphatic carbocycles. The number of nitrogens with zero attached hydrogens (tertiary/aromatic N) is 3. The predicted molar refractivity (Wildman–Crippen MR) is 107 cm³/mol. The van der Waals surface area contributed by atoms with Crippen molar-refractivity contribution in [3.05, 3.63) is 35.1 Å². The minimum absolute atomic E-state index is 0.0551. The molecule has 6 nitrogen and oxygen atoms in total. The fraction of sp³-hybridized carbons (Fsp3) is 0.526. The molecule has 0 bridgehead atoms. The monoisotopic (exact) mass is 408 g/mol. The van der Waals surface area contributed by atoms with Gasteiger partial charge < -0.3 is 14.6 Å². The van der Waals surface area contributed by atoms with E-state index in [0.717, 1.165) is 23.8 Å². The molecule has 2 aromatic rings. The summed E-state index contributed by atoms with van der Waals surface area (Å²) in [7, 11) is 0. The molecule has 0 radical (unpaired) electrons. The van der Waals surface area contributed by atoms with Crippen LogP contribution in [0.15, 0.2) is 29.4 Å². The Hall–Kier alpha value is -1.73. The van der Waals surface area contributed by atoms with Gasteiger partial charge in [-0.15, -0.1) is 10.2 Å². The lowest BCUT2D eigenvalue weighted by Gasteiger charge is -2.16. The second-order valence-electron chi connectivity index (χ2n) is 6.61. The molecule has 1 heterocycles. The molecule has 3 rings (SSSR count). The van der Waals surface area contributed by atoms with E-state index in [1.807, 2.05) is 36.6 Å². The van der Waals surface area contributed by atoms with Crippen LogP contribution in [-0.4, -0.2) is 32.5 Å². The van der Waals surface area contributed by atoms with Gasteiger partial charge in [-0.2, -0.15) is 0 Å². The molecule has 1 N–H and O–H groups in total. The Bertz CT molecular complexity index is 777. The second-order valence-corrected chi connectivity index (χ2v) is 7.96. The Kier molecular flexibility index (Phi) is 7.01. The van der Waals surface area contributed by atoms with Crippen molar-refractivity contribution in [3.8, 4) is 5.75 Å². The maximum absolute atomic E-state index is 12.2. The van der Waals surface area contributed by atoms with Gasteiger partial charge >= 0.3 is 0 Å². The summed E-state index contributed by atoms with van der Waals surface area (Å²) in [5, 5.41) is 12.9. The van der Waals surface area contributed by atoms with Crippen LogP contribution in [-0.2, 0) is 11.3 Å². The third-order valence-electron chi connectivity index (χ3n) is 4.62. The first kappa shape index (κ1) is 20.0. The smallest absolute Gasteiger partial charge is 0.230 e. The van der Waals surface area contributed by atoms with Gasteiger partial charge in [0.25, 0.3) is 0 Å². The fourth-order valence-electron chi connectivity index (χ4n) is 3.26. The average Bonchev–Trinajstić information content (AvgIpc) is 3.31. The molecule has 1 atom stereocenters. The standard InChI is InChI=1S/C19H25ClN4O2S/c1-3-24-18(13(2)26-16-11-7-6-10-15(16)20)22-23-19(24)27-12-17(25)21-14-8-4-5-9-14/h6-7,10-11,13-14H,3-5,8-9,12H2,1-2H3,(H,21,25). The number of thioether (sulfide) groups is 1. The number of nitrogens with one attached hydrogen (secondary N) is 1. The summed E-state index contributed by atoms with van der Waals surface area (Å²) in [6.07, 6.45) is 4.27. The van der Waals surface area contributed by atoms with Crippen LogP contribution in [0.5, 0.6) is 5.75 Å². The molecule has 146 valence electrons. The van der Waals surface area contributed by atoms with Crippen molar-refractivity contribution >= 4 is 29.3 Å². The molecule has 1 aromatic carbocycles. The van der Waals surface area contributed by atoms with E-state index in [0.29, 0.717) is 29.1 Å². The third kappa shape index (κ3) is 5.17. The molecule has 0 saturated heterocycles. The van der Waals surface area contributed by atoms with Gasteiger partial charge in [0.15, 0.2) is 17.1 Å². The first-order valence-electron chi connectivity index (χ1n) is 9.35. The van der Waals surface area contributed by atoms with Crippen molar-refractivity contribution in [2.45, 2.75) is 63.4 Å². The second kappa shape index (κ2) is 9.46. The molecule has 1 saturated carbocycles. The highest BCUT2D eigenvalue weighted by atomic mass is 35.5. The van der Waals surface area contributed by atoms with E-state index in [9.17, 15) is 4.79 Å². The first-order chi connectivity index (χ1) is 13.1. The molecular formula is C19H25ClN4O2S. The number of rotatable bonds is 8. The van der Waals surface area contributed by atoms with Crippen LogP contribution < -0.4 is 10.1 Å². The van der Waals surface area contributed by atoms with E-state index in [2.05, 4.69) is 15.5 Å². The van der Waals surface area contributed by atoms with Gasteiger partial charge in [-0.05, 0) is 38.8 Å². The number of hydrogen-bond donors (Lipinski definition) is 1. The van der Waals surface area contributed by atoms with E-state index in [1.165, 1.54) is 24.6 Å². The van der Waals surface area contributed by atoms with Crippen molar-refractivity contribution < 1.29 is 9.53 Å². The Morgan fingerprint density at radius 3 is 2.81 bits per heavy atom. The van der Waals surface area contributed by atoms with Gasteiger partial charge in [0.05, 0.1) is 10.8 Å². The number of carbonyl (C=O) groups is 1. The normalized spacial score (nSPS) is 15.7. The topological polar surface area (TPSA) is 69.0 Å². The van der Waals surface area contributed by atoms with Crippen LogP contribution >= 0.6 is 23.4 Å². The van der Waals surface area contributed by atoms with Crippen molar-refractivity contribution in [1.82, 2.24) is 20.1 Å². The zero-order valence-electron chi connectivity index (χ0n) is 15.7. The maximum atomic E-state index is 12.2. The maximum Gasteiger partial charge on any atom is 0.230 e. The summed E-state index contributed by atoms with van der Waals surface area (Å²) in [6.45, 7) is 4.64. The summed E-state index contributed by atoms with van der Waals surface area (Å²) in [5.41, 5.74) is 0. The molecule has 1 unspecified atom stereocenters. The number of ether oxygens (including phenoxy) is 1. The van der Waals surface area contributed by atoms with Crippen LogP contribution in [0.4, 0.5) is 0 Å². The first-order valence-corrected chi connectivity index (χ1v) is 10.7. The minimum Gasteiger partial charge on any atom is -0.481 e. The summed E-state index contributed by atoms with van der Waals surface area (Å²) in [4.78, 5) is 12.2. The Labute approximate surface area is 169 Å². The zero-order valence-corrected chi connectivity index (χ0v) is 17.2. The molecule has 27 heavy (non-hydrogen) atoms. The van der Waals surface area contributed by atoms with Crippen molar-refractivity contribution in [1.29, 1.82) is 0 Å². The lowest BCUT2D eigenvalue weighted by molar-refractivity contribution is -0.119. The van der Waals surface area contributed by atoms with Crippen molar-refractivity contribution in [3.63, 3.8) is 0 Å². The predicted octanol–water partition coefficient (Wildman–Crippen LogP) is 4.24. The van der Waals surface area contributed by atoms with E-state index in [-0.39, 0.29) is 12.0 Å². The fourth-order valence-corrected chi connectivity index (χ4v) is 4.26. The van der Waals surface area contributed by atoms with E-state index < -0.39 is 0 Å². The Morgan fingerprint density at radius 2 is 2.11 bits per heavy atom. The van der Waals surface area contributed by atoms with Crippen LogP contribution in [0.1, 0.15) is 51.5 Å². The molecule has 0 spiro atoms. The van der Waals surface area contributed by atoms with Crippen LogP contribution in [0.25, 0.3) is 0 Å². The highest BCUT2D eigenvalue weighted by Gasteiger charge is 2.21. The van der Waals surface area contributed by atoms with E-state index in [4.69, 9.17) is 16.3 Å². The summed E-state index contributed by atoms with van der Waals surface area (Å²) in [6, 6.07) is 7.69. The van der Waals surface area contributed by atoms with Gasteiger partial charge in [-0.1, -0.05) is 48.3 Å². The van der Waals surface area contributed by atoms with E-state index >= 15 is 0 Å². The van der Waals surface area contributed by atoms with Gasteiger partial charge in [0.1, 0.15) is 5.75 Å². The van der Waals surface area contributed by atoms with Gasteiger partial charge in [0.2, 0.25) is 5.91 Å². The van der Waals surface area contributed by atoms with Crippen molar-refractivity contribution in [2.24, 2.45) is 0 Å². The molecule has 1 aliphatic rings. The summed E-state index contributed by atoms with van der Waals surface area (Å²) >= 11 is 7.58. The number of aromatic nitrogens is 3. The SMILES string of the molecule is CCn1c(SCC(=O)NC2CCCC2)nnc1C(C)Oc1ccccc1Cl. The lowest BCUT2D eigenvalue weighted by atomic mass is 10.2. The molecule has 8 heteroatoms. The summed E-state index contributed by atoms with van der Waals surface area (Å²) < 4.78 is 7.94. The molecule has 0 aliphatic heterocycles. The van der Waals surface area contributed by atoms with Gasteiger partial charge in [0, 0.05) is 12.6 Å². The zero-order chi connectivity index (χ0) is 19.2. The Morgan fingerprint density at radius 1 is 1.37 bits per heavy atom. The molecule has 1 amide bonds.